The summed E-state index contributed by atoms with van der Waals surface area (Å²) in [6, 6.07) is 0. The van der Waals surface area contributed by atoms with Crippen LogP contribution in [0.5, 0.6) is 0 Å². The van der Waals surface area contributed by atoms with E-state index in [2.05, 4.69) is 10.2 Å². The number of rotatable bonds is 4. The van der Waals surface area contributed by atoms with Crippen LogP contribution < -0.4 is 0 Å². The summed E-state index contributed by atoms with van der Waals surface area (Å²) in [5, 5.41) is 8.09. The predicted octanol–water partition coefficient (Wildman–Crippen LogP) is 2.12. The Hall–Kier alpha value is -0.690. The van der Waals surface area contributed by atoms with E-state index in [0.29, 0.717) is 4.34 Å². The Morgan fingerprint density at radius 2 is 2.29 bits per heavy atom. The molecule has 0 fully saturated rings. The molecule has 0 saturated heterocycles. The van der Waals surface area contributed by atoms with Gasteiger partial charge in [0.2, 0.25) is 4.34 Å². The third-order valence-corrected chi connectivity index (χ3v) is 3.82. The van der Waals surface area contributed by atoms with Crippen molar-refractivity contribution in [3.8, 4) is 0 Å². The van der Waals surface area contributed by atoms with Crippen LogP contribution in [0.25, 0.3) is 0 Å². The molecule has 0 aliphatic heterocycles. The van der Waals surface area contributed by atoms with Crippen molar-refractivity contribution in [2.45, 2.75) is 17.7 Å². The summed E-state index contributed by atoms with van der Waals surface area (Å²) >= 11 is 1.22. The number of halogens is 2. The first kappa shape index (κ1) is 11.4. The summed E-state index contributed by atoms with van der Waals surface area (Å²) in [5.41, 5.74) is 0. The molecule has 78 valence electrons. The van der Waals surface area contributed by atoms with Crippen molar-refractivity contribution < 1.29 is 13.0 Å². The molecule has 1 aromatic rings. The van der Waals surface area contributed by atoms with E-state index in [4.69, 9.17) is 0 Å². The highest BCUT2D eigenvalue weighted by Crippen LogP contribution is 2.13. The third kappa shape index (κ3) is 3.59. The number of hydrogen-bond donors (Lipinski definition) is 0. The van der Waals surface area contributed by atoms with E-state index in [1.165, 1.54) is 11.3 Å². The maximum Gasteiger partial charge on any atom is 0.266 e. The molecule has 0 spiro atoms. The number of aromatic nitrogens is 2. The van der Waals surface area contributed by atoms with Crippen molar-refractivity contribution >= 4 is 22.1 Å². The van der Waals surface area contributed by atoms with Gasteiger partial charge in [0.25, 0.3) is 6.08 Å². The second-order valence-corrected chi connectivity index (χ2v) is 5.35. The standard InChI is InChI=1S/C7H8F2N2OS2/c1-5-10-11-7(13-5)14(12)4-2-3-6(8)9/h3H,2,4H2,1H3. The van der Waals surface area contributed by atoms with E-state index in [1.807, 2.05) is 0 Å². The molecule has 0 aliphatic carbocycles. The summed E-state index contributed by atoms with van der Waals surface area (Å²) in [5.74, 6) is 0.159. The van der Waals surface area contributed by atoms with Gasteiger partial charge < -0.3 is 0 Å². The summed E-state index contributed by atoms with van der Waals surface area (Å²) in [6.07, 6.45) is -0.894. The lowest BCUT2D eigenvalue weighted by Crippen LogP contribution is -1.96. The lowest BCUT2D eigenvalue weighted by molar-refractivity contribution is 0.418. The molecule has 0 N–H and O–H groups in total. The molecule has 1 heterocycles. The number of nitrogens with zero attached hydrogens (tertiary/aromatic N) is 2. The molecule has 0 aliphatic rings. The minimum atomic E-state index is -1.74. The third-order valence-electron chi connectivity index (χ3n) is 1.30. The van der Waals surface area contributed by atoms with Crippen LogP contribution >= 0.6 is 11.3 Å². The smallest absolute Gasteiger partial charge is 0.252 e. The first-order chi connectivity index (χ1) is 6.59. The Kier molecular flexibility index (Phi) is 4.27. The van der Waals surface area contributed by atoms with Crippen molar-refractivity contribution in [3.05, 3.63) is 17.2 Å². The van der Waals surface area contributed by atoms with Crippen LogP contribution in [0.3, 0.4) is 0 Å². The quantitative estimate of drug-likeness (QED) is 0.807. The van der Waals surface area contributed by atoms with Crippen LogP contribution in [0.15, 0.2) is 16.5 Å². The zero-order chi connectivity index (χ0) is 10.6. The number of aryl methyl sites for hydroxylation is 1. The molecule has 0 radical (unpaired) electrons. The monoisotopic (exact) mass is 238 g/mol. The van der Waals surface area contributed by atoms with Crippen molar-refractivity contribution in [2.75, 3.05) is 5.75 Å². The van der Waals surface area contributed by atoms with Crippen molar-refractivity contribution in [1.82, 2.24) is 10.2 Å². The normalized spacial score (nSPS) is 12.5. The molecular weight excluding hydrogens is 230 g/mol. The highest BCUT2D eigenvalue weighted by atomic mass is 32.2. The Balaban J connectivity index is 2.47. The van der Waals surface area contributed by atoms with Crippen molar-refractivity contribution in [3.63, 3.8) is 0 Å². The summed E-state index contributed by atoms with van der Waals surface area (Å²) in [6.45, 7) is 1.75. The molecular formula is C7H8F2N2OS2. The molecule has 1 aromatic heterocycles. The van der Waals surface area contributed by atoms with Crippen LogP contribution in [0.1, 0.15) is 11.4 Å². The zero-order valence-corrected chi connectivity index (χ0v) is 9.00. The van der Waals surface area contributed by atoms with E-state index in [-0.39, 0.29) is 12.2 Å². The van der Waals surface area contributed by atoms with E-state index < -0.39 is 16.9 Å². The average molecular weight is 238 g/mol. The summed E-state index contributed by atoms with van der Waals surface area (Å²) < 4.78 is 35.0. The van der Waals surface area contributed by atoms with E-state index in [1.54, 1.807) is 6.92 Å². The highest BCUT2D eigenvalue weighted by Gasteiger charge is 2.08. The largest absolute Gasteiger partial charge is 0.266 e. The van der Waals surface area contributed by atoms with E-state index >= 15 is 0 Å². The molecule has 14 heavy (non-hydrogen) atoms. The average Bonchev–Trinajstić information content (AvgIpc) is 2.51. The topological polar surface area (TPSA) is 42.9 Å². The molecule has 0 saturated carbocycles. The Bertz CT molecular complexity index is 360. The van der Waals surface area contributed by atoms with E-state index in [9.17, 15) is 13.0 Å². The predicted molar refractivity (Wildman–Crippen MR) is 50.8 cm³/mol. The maximum absolute atomic E-state index is 11.6. The van der Waals surface area contributed by atoms with Gasteiger partial charge in [0.05, 0.1) is 10.8 Å². The minimum Gasteiger partial charge on any atom is -0.252 e. The number of hydrogen-bond acceptors (Lipinski definition) is 4. The first-order valence-electron chi connectivity index (χ1n) is 3.79. The van der Waals surface area contributed by atoms with Crippen molar-refractivity contribution in [1.29, 1.82) is 0 Å². The Morgan fingerprint density at radius 3 is 2.79 bits per heavy atom. The molecule has 0 aromatic carbocycles. The molecule has 0 amide bonds. The van der Waals surface area contributed by atoms with E-state index in [0.717, 1.165) is 11.1 Å². The zero-order valence-electron chi connectivity index (χ0n) is 7.37. The van der Waals surface area contributed by atoms with Crippen LogP contribution in [-0.4, -0.2) is 20.2 Å². The fraction of sp³-hybridized carbons (Fsp3) is 0.429. The van der Waals surface area contributed by atoms with Crippen LogP contribution in [-0.2, 0) is 10.8 Å². The molecule has 1 unspecified atom stereocenters. The van der Waals surface area contributed by atoms with Gasteiger partial charge in [-0.3, -0.25) is 4.21 Å². The first-order valence-corrected chi connectivity index (χ1v) is 5.93. The van der Waals surface area contributed by atoms with Gasteiger partial charge in [-0.25, -0.2) is 0 Å². The molecule has 1 atom stereocenters. The molecule has 7 heteroatoms. The van der Waals surface area contributed by atoms with Gasteiger partial charge in [0.15, 0.2) is 0 Å². The molecule has 1 rings (SSSR count). The summed E-state index contributed by atoms with van der Waals surface area (Å²) in [7, 11) is -1.31. The second kappa shape index (κ2) is 5.26. The fourth-order valence-electron chi connectivity index (χ4n) is 0.733. The van der Waals surface area contributed by atoms with Gasteiger partial charge in [-0.05, 0) is 19.4 Å². The summed E-state index contributed by atoms with van der Waals surface area (Å²) in [4.78, 5) is 0. The highest BCUT2D eigenvalue weighted by molar-refractivity contribution is 7.87. The van der Waals surface area contributed by atoms with Gasteiger partial charge in [0.1, 0.15) is 5.01 Å². The van der Waals surface area contributed by atoms with Gasteiger partial charge in [-0.2, -0.15) is 8.78 Å². The van der Waals surface area contributed by atoms with Gasteiger partial charge in [-0.1, -0.05) is 11.3 Å². The lowest BCUT2D eigenvalue weighted by atomic mass is 10.5. The van der Waals surface area contributed by atoms with Crippen LogP contribution in [0, 0.1) is 6.92 Å². The van der Waals surface area contributed by atoms with Crippen molar-refractivity contribution in [2.24, 2.45) is 0 Å². The van der Waals surface area contributed by atoms with Gasteiger partial charge in [-0.15, -0.1) is 10.2 Å². The van der Waals surface area contributed by atoms with Gasteiger partial charge in [0, 0.05) is 5.75 Å². The van der Waals surface area contributed by atoms with Crippen LogP contribution in [0.4, 0.5) is 8.78 Å². The SMILES string of the molecule is Cc1nnc(S(=O)CCC=C(F)F)s1. The Labute approximate surface area is 86.3 Å². The second-order valence-electron chi connectivity index (χ2n) is 2.42. The fourth-order valence-corrected chi connectivity index (χ4v) is 2.77. The number of allylic oxidation sites excluding steroid dienone is 1. The Morgan fingerprint density at radius 1 is 1.57 bits per heavy atom. The minimum absolute atomic E-state index is 0.0908. The molecule has 0 bridgehead atoms. The maximum atomic E-state index is 11.6. The molecule has 3 nitrogen and oxygen atoms in total. The van der Waals surface area contributed by atoms with Gasteiger partial charge >= 0.3 is 0 Å². The van der Waals surface area contributed by atoms with Crippen LogP contribution in [0.2, 0.25) is 0 Å². The lowest BCUT2D eigenvalue weighted by Gasteiger charge is -1.91.